The monoisotopic (exact) mass is 628 g/mol. The average Bonchev–Trinajstić information content (AvgIpc) is 3.76. The highest BCUT2D eigenvalue weighted by molar-refractivity contribution is 6.30. The van der Waals surface area contributed by atoms with Crippen LogP contribution in [-0.2, 0) is 16.2 Å². The van der Waals surface area contributed by atoms with E-state index in [1.807, 2.05) is 6.07 Å². The fourth-order valence-corrected chi connectivity index (χ4v) is 7.66. The Kier molecular flexibility index (Phi) is 7.77. The lowest BCUT2D eigenvalue weighted by molar-refractivity contribution is -0.146. The second-order valence-corrected chi connectivity index (χ2v) is 12.9. The fraction of sp³-hybridized carbons (Fsp3) is 0.567. The van der Waals surface area contributed by atoms with Crippen molar-refractivity contribution in [3.63, 3.8) is 0 Å². The van der Waals surface area contributed by atoms with Gasteiger partial charge in [0, 0.05) is 37.6 Å². The van der Waals surface area contributed by atoms with E-state index in [0.29, 0.717) is 52.3 Å². The molecule has 11 nitrogen and oxygen atoms in total. The van der Waals surface area contributed by atoms with Gasteiger partial charge in [-0.3, -0.25) is 15.1 Å². The number of hydroxylamine groups is 1. The molecule has 2 aliphatic carbocycles. The Labute approximate surface area is 258 Å². The van der Waals surface area contributed by atoms with E-state index in [1.165, 1.54) is 4.90 Å². The van der Waals surface area contributed by atoms with Crippen molar-refractivity contribution in [2.75, 3.05) is 18.0 Å². The molecule has 2 amide bonds. The number of carbonyl (C=O) groups excluding carboxylic acids is 2. The SMILES string of the molecule is CC1CCC(Cn2c(N3CCN(C(=O)C(F)F)[C@@H]4CCC[C@H]43)nc3cc(C4NOC(=O)N4)nc(-c4cncc(Cl)c4)c32)CC1. The minimum Gasteiger partial charge on any atom is -0.351 e. The standard InChI is InChI=1S/C30H35ClF2N8O3/c1-16-5-7-17(8-6-16)15-41-25-20(36-29(41)40-10-9-39(28(42)26(32)33)22-3-2-4-23(22)40)12-21(27-37-30(43)44-38-27)35-24(25)18-11-19(31)14-34-13-18/h11-14,16-17,22-23,26-27,38H,2-10,15H2,1H3,(H,37,43)/t16?,17?,22-,23-,27?/m1/s1. The maximum atomic E-state index is 13.5. The van der Waals surface area contributed by atoms with E-state index in [0.717, 1.165) is 56.5 Å². The third kappa shape index (κ3) is 5.33. The van der Waals surface area contributed by atoms with Gasteiger partial charge < -0.3 is 19.2 Å². The summed E-state index contributed by atoms with van der Waals surface area (Å²) in [5, 5.41) is 3.17. The highest BCUT2D eigenvalue weighted by atomic mass is 35.5. The number of piperazine rings is 1. The Hall–Kier alpha value is -3.58. The van der Waals surface area contributed by atoms with Crippen LogP contribution in [0.1, 0.15) is 63.7 Å². The topological polar surface area (TPSA) is 118 Å². The molecule has 7 rings (SSSR count). The number of nitrogens with one attached hydrogen (secondary N) is 2. The number of aromatic nitrogens is 4. The van der Waals surface area contributed by atoms with Crippen molar-refractivity contribution < 1.29 is 23.2 Å². The number of halogens is 3. The van der Waals surface area contributed by atoms with Crippen LogP contribution in [0.5, 0.6) is 0 Å². The molecule has 2 N–H and O–H groups in total. The predicted molar refractivity (Wildman–Crippen MR) is 159 cm³/mol. The number of anilines is 1. The number of hydrogen-bond acceptors (Lipinski definition) is 8. The first-order valence-corrected chi connectivity index (χ1v) is 15.7. The number of alkyl halides is 2. The van der Waals surface area contributed by atoms with Crippen molar-refractivity contribution in [1.29, 1.82) is 0 Å². The highest BCUT2D eigenvalue weighted by Crippen LogP contribution is 2.40. The van der Waals surface area contributed by atoms with E-state index < -0.39 is 24.6 Å². The van der Waals surface area contributed by atoms with Crippen LogP contribution >= 0.6 is 11.6 Å². The van der Waals surface area contributed by atoms with E-state index in [9.17, 15) is 18.4 Å². The lowest BCUT2D eigenvalue weighted by Crippen LogP contribution is -2.60. The van der Waals surface area contributed by atoms with Crippen LogP contribution in [0.15, 0.2) is 24.5 Å². The molecule has 234 valence electrons. The second kappa shape index (κ2) is 11.7. The summed E-state index contributed by atoms with van der Waals surface area (Å²) in [6.07, 6.45) is 5.77. The van der Waals surface area contributed by atoms with Crippen LogP contribution < -0.4 is 15.7 Å². The van der Waals surface area contributed by atoms with Gasteiger partial charge in [0.15, 0.2) is 6.17 Å². The van der Waals surface area contributed by atoms with E-state index in [1.54, 1.807) is 18.5 Å². The number of pyridine rings is 2. The first-order chi connectivity index (χ1) is 21.3. The van der Waals surface area contributed by atoms with E-state index in [4.69, 9.17) is 26.4 Å². The zero-order chi connectivity index (χ0) is 30.5. The van der Waals surface area contributed by atoms with Crippen LogP contribution in [0.2, 0.25) is 5.02 Å². The zero-order valence-electron chi connectivity index (χ0n) is 24.4. The Morgan fingerprint density at radius 3 is 2.61 bits per heavy atom. The molecule has 14 heteroatoms. The molecule has 3 aromatic rings. The normalized spacial score (nSPS) is 27.1. The molecular weight excluding hydrogens is 594 g/mol. The lowest BCUT2D eigenvalue weighted by Gasteiger charge is -2.45. The summed E-state index contributed by atoms with van der Waals surface area (Å²) < 4.78 is 29.3. The molecule has 4 aliphatic rings. The van der Waals surface area contributed by atoms with E-state index >= 15 is 0 Å². The van der Waals surface area contributed by atoms with Gasteiger partial charge in [-0.05, 0) is 56.1 Å². The lowest BCUT2D eigenvalue weighted by atomic mass is 9.83. The number of imidazole rings is 1. The summed E-state index contributed by atoms with van der Waals surface area (Å²) in [5.74, 6) is 0.773. The molecule has 2 saturated carbocycles. The van der Waals surface area contributed by atoms with Crippen LogP contribution in [0.25, 0.3) is 22.3 Å². The summed E-state index contributed by atoms with van der Waals surface area (Å²) in [6.45, 7) is 3.62. The number of fused-ring (bicyclic) bond motifs is 2. The highest BCUT2D eigenvalue weighted by Gasteiger charge is 2.45. The molecule has 2 aliphatic heterocycles. The number of hydrogen-bond donors (Lipinski definition) is 2. The summed E-state index contributed by atoms with van der Waals surface area (Å²) in [7, 11) is 0. The molecule has 0 bridgehead atoms. The molecule has 4 fully saturated rings. The molecule has 0 spiro atoms. The van der Waals surface area contributed by atoms with Crippen LogP contribution in [-0.4, -0.2) is 68.0 Å². The van der Waals surface area contributed by atoms with Gasteiger partial charge in [-0.1, -0.05) is 31.4 Å². The Bertz CT molecular complexity index is 1580. The van der Waals surface area contributed by atoms with Gasteiger partial charge in [0.25, 0.3) is 5.91 Å². The second-order valence-electron chi connectivity index (χ2n) is 12.5. The van der Waals surface area contributed by atoms with Gasteiger partial charge in [0.1, 0.15) is 0 Å². The van der Waals surface area contributed by atoms with Crippen LogP contribution in [0.3, 0.4) is 0 Å². The molecule has 0 aromatic carbocycles. The minimum atomic E-state index is -3.02. The van der Waals surface area contributed by atoms with Gasteiger partial charge in [0.2, 0.25) is 5.95 Å². The van der Waals surface area contributed by atoms with Crippen molar-refractivity contribution in [1.82, 2.24) is 35.2 Å². The quantitative estimate of drug-likeness (QED) is 0.390. The Morgan fingerprint density at radius 1 is 1.09 bits per heavy atom. The molecule has 5 heterocycles. The summed E-state index contributed by atoms with van der Waals surface area (Å²) in [6, 6.07) is 3.23. The largest absolute Gasteiger partial charge is 0.427 e. The zero-order valence-corrected chi connectivity index (χ0v) is 25.1. The molecule has 3 aromatic heterocycles. The number of rotatable bonds is 6. The molecular formula is C30H35ClF2N8O3. The van der Waals surface area contributed by atoms with Crippen molar-refractivity contribution in [2.24, 2.45) is 11.8 Å². The molecule has 2 saturated heterocycles. The first-order valence-electron chi connectivity index (χ1n) is 15.4. The smallest absolute Gasteiger partial charge is 0.351 e. The van der Waals surface area contributed by atoms with E-state index in [-0.39, 0.29) is 18.6 Å². The Balaban J connectivity index is 1.38. The van der Waals surface area contributed by atoms with Crippen LogP contribution in [0.4, 0.5) is 19.5 Å². The fourth-order valence-electron chi connectivity index (χ4n) is 7.48. The molecule has 1 unspecified atom stereocenters. The number of carbonyl (C=O) groups is 2. The summed E-state index contributed by atoms with van der Waals surface area (Å²) >= 11 is 6.39. The van der Waals surface area contributed by atoms with Crippen molar-refractivity contribution in [3.8, 4) is 11.3 Å². The van der Waals surface area contributed by atoms with Gasteiger partial charge in [-0.15, -0.1) is 5.48 Å². The third-order valence-electron chi connectivity index (χ3n) is 9.66. The maximum Gasteiger partial charge on any atom is 0.427 e. The van der Waals surface area contributed by atoms with Crippen molar-refractivity contribution >= 4 is 40.6 Å². The van der Waals surface area contributed by atoms with Crippen LogP contribution in [0, 0.1) is 11.8 Å². The Morgan fingerprint density at radius 2 is 1.89 bits per heavy atom. The first kappa shape index (κ1) is 29.1. The van der Waals surface area contributed by atoms with Gasteiger partial charge in [-0.25, -0.2) is 14.8 Å². The third-order valence-corrected chi connectivity index (χ3v) is 9.87. The van der Waals surface area contributed by atoms with E-state index in [2.05, 4.69) is 32.2 Å². The maximum absolute atomic E-state index is 13.5. The predicted octanol–water partition coefficient (Wildman–Crippen LogP) is 5.05. The number of amides is 2. The summed E-state index contributed by atoms with van der Waals surface area (Å²) in [4.78, 5) is 47.4. The number of nitrogens with zero attached hydrogens (tertiary/aromatic N) is 6. The van der Waals surface area contributed by atoms with Gasteiger partial charge >= 0.3 is 12.5 Å². The average molecular weight is 629 g/mol. The summed E-state index contributed by atoms with van der Waals surface area (Å²) in [5.41, 5.74) is 5.99. The molecule has 0 radical (unpaired) electrons. The van der Waals surface area contributed by atoms with Crippen molar-refractivity contribution in [2.45, 2.75) is 83.1 Å². The minimum absolute atomic E-state index is 0.124. The molecule has 44 heavy (non-hydrogen) atoms. The van der Waals surface area contributed by atoms with Gasteiger partial charge in [-0.2, -0.15) is 8.78 Å². The van der Waals surface area contributed by atoms with Crippen molar-refractivity contribution in [3.05, 3.63) is 35.2 Å². The van der Waals surface area contributed by atoms with Gasteiger partial charge in [0.05, 0.1) is 39.5 Å². The molecule has 3 atom stereocenters.